The Kier molecular flexibility index (Phi) is 9.32. The molecule has 0 aromatic heterocycles. The van der Waals surface area contributed by atoms with Crippen LogP contribution in [0, 0.1) is 5.92 Å². The van der Waals surface area contributed by atoms with Gasteiger partial charge in [0.05, 0.1) is 23.1 Å². The van der Waals surface area contributed by atoms with Gasteiger partial charge >= 0.3 is 19.1 Å². The van der Waals surface area contributed by atoms with Gasteiger partial charge in [0, 0.05) is 5.02 Å². The fraction of sp³-hybridized carbons (Fsp3) is 0.474. The van der Waals surface area contributed by atoms with E-state index in [-0.39, 0.29) is 16.5 Å². The number of carbonyl (C=O) groups is 4. The lowest BCUT2D eigenvalue weighted by atomic mass is 9.72. The van der Waals surface area contributed by atoms with Crippen LogP contribution in [-0.2, 0) is 23.7 Å². The van der Waals surface area contributed by atoms with E-state index in [4.69, 9.17) is 32.5 Å². The number of carbonyl (C=O) groups excluding carboxylic acids is 3. The van der Waals surface area contributed by atoms with Crippen molar-refractivity contribution >= 4 is 54.1 Å². The first-order valence-corrected chi connectivity index (χ1v) is 10.6. The van der Waals surface area contributed by atoms with Gasteiger partial charge < -0.3 is 30.4 Å². The average Bonchev–Trinajstić information content (AvgIpc) is 2.72. The molecular formula is C19H24BCl2N3O7. The normalized spacial score (nSPS) is 19.3. The molecule has 4 N–H and O–H groups in total. The van der Waals surface area contributed by atoms with Gasteiger partial charge in [-0.05, 0) is 37.6 Å². The maximum atomic E-state index is 12.5. The Balaban J connectivity index is 2.06. The number of carboxylic acid groups (broad SMARTS) is 1. The standard InChI is InChI=1S/C19H24BCl2N3O7/c1-9(2)6-13(20-31-16(18(28)29)15(23-3)19(30)32-20)25-14(26)8-24-17(27)11-7-10(21)4-5-12(11)22/h4-5,7,9,13,15-16,23H,6,8H2,1-3H3,(H,24,27)(H,25,26)(H,28,29)/t13-,15-,16+/m0/s1. The Morgan fingerprint density at radius 1 is 1.25 bits per heavy atom. The fourth-order valence-corrected chi connectivity index (χ4v) is 3.52. The topological polar surface area (TPSA) is 143 Å². The summed E-state index contributed by atoms with van der Waals surface area (Å²) in [5, 5.41) is 17.5. The largest absolute Gasteiger partial charge is 0.552 e. The fourth-order valence-electron chi connectivity index (χ4n) is 3.14. The van der Waals surface area contributed by atoms with Crippen molar-refractivity contribution < 1.29 is 33.6 Å². The highest BCUT2D eigenvalue weighted by Crippen LogP contribution is 2.21. The van der Waals surface area contributed by atoms with Crippen LogP contribution in [0.5, 0.6) is 0 Å². The van der Waals surface area contributed by atoms with Crippen LogP contribution in [0.25, 0.3) is 0 Å². The van der Waals surface area contributed by atoms with E-state index < -0.39 is 55.5 Å². The molecule has 3 atom stereocenters. The van der Waals surface area contributed by atoms with Crippen LogP contribution in [0.15, 0.2) is 18.2 Å². The van der Waals surface area contributed by atoms with E-state index in [0.29, 0.717) is 11.4 Å². The molecule has 0 saturated carbocycles. The number of carboxylic acids is 1. The number of halogens is 2. The molecule has 2 amide bonds. The maximum Gasteiger partial charge on any atom is 0.552 e. The molecule has 2 rings (SSSR count). The molecule has 1 aliphatic heterocycles. The predicted molar refractivity (Wildman–Crippen MR) is 117 cm³/mol. The zero-order chi connectivity index (χ0) is 24.0. The van der Waals surface area contributed by atoms with E-state index in [9.17, 15) is 24.3 Å². The minimum atomic E-state index is -1.48. The van der Waals surface area contributed by atoms with Crippen molar-refractivity contribution in [3.8, 4) is 0 Å². The minimum absolute atomic E-state index is 0.0489. The molecule has 0 unspecified atom stereocenters. The van der Waals surface area contributed by atoms with Crippen molar-refractivity contribution in [3.63, 3.8) is 0 Å². The highest BCUT2D eigenvalue weighted by Gasteiger charge is 2.49. The van der Waals surface area contributed by atoms with Gasteiger partial charge in [-0.1, -0.05) is 37.0 Å². The second-order valence-corrected chi connectivity index (χ2v) is 8.42. The van der Waals surface area contributed by atoms with Crippen molar-refractivity contribution in [2.45, 2.75) is 38.4 Å². The van der Waals surface area contributed by atoms with E-state index in [1.807, 2.05) is 13.8 Å². The number of hydrogen-bond acceptors (Lipinski definition) is 7. The first-order chi connectivity index (χ1) is 15.0. The summed E-state index contributed by atoms with van der Waals surface area (Å²) in [4.78, 5) is 48.5. The van der Waals surface area contributed by atoms with Gasteiger partial charge in [-0.2, -0.15) is 0 Å². The summed E-state index contributed by atoms with van der Waals surface area (Å²) in [6, 6.07) is 3.18. The third kappa shape index (κ3) is 6.83. The Bertz CT molecular complexity index is 886. The molecule has 0 radical (unpaired) electrons. The molecule has 0 aliphatic carbocycles. The first kappa shape index (κ1) is 25.9. The average molecular weight is 488 g/mol. The van der Waals surface area contributed by atoms with Crippen LogP contribution in [0.1, 0.15) is 30.6 Å². The van der Waals surface area contributed by atoms with Gasteiger partial charge in [0.15, 0.2) is 6.10 Å². The lowest BCUT2D eigenvalue weighted by molar-refractivity contribution is -0.161. The van der Waals surface area contributed by atoms with Crippen molar-refractivity contribution in [3.05, 3.63) is 33.8 Å². The van der Waals surface area contributed by atoms with Gasteiger partial charge in [0.1, 0.15) is 6.04 Å². The summed E-state index contributed by atoms with van der Waals surface area (Å²) >= 11 is 11.9. The number of amides is 2. The number of hydrogen-bond donors (Lipinski definition) is 4. The van der Waals surface area contributed by atoms with Crippen molar-refractivity contribution in [2.75, 3.05) is 13.6 Å². The molecule has 174 valence electrons. The Morgan fingerprint density at radius 3 is 2.53 bits per heavy atom. The van der Waals surface area contributed by atoms with Gasteiger partial charge in [-0.15, -0.1) is 0 Å². The molecule has 1 fully saturated rings. The number of likely N-dealkylation sites (N-methyl/N-ethyl adjacent to an activating group) is 1. The van der Waals surface area contributed by atoms with Gasteiger partial charge in [0.25, 0.3) is 5.91 Å². The molecule has 32 heavy (non-hydrogen) atoms. The van der Waals surface area contributed by atoms with E-state index in [2.05, 4.69) is 16.0 Å². The minimum Gasteiger partial charge on any atom is -0.507 e. The summed E-state index contributed by atoms with van der Waals surface area (Å²) in [7, 11) is 0.103. The van der Waals surface area contributed by atoms with Crippen molar-refractivity contribution in [2.24, 2.45) is 5.92 Å². The van der Waals surface area contributed by atoms with Crippen LogP contribution in [0.4, 0.5) is 0 Å². The van der Waals surface area contributed by atoms with Crippen LogP contribution in [0.3, 0.4) is 0 Å². The summed E-state index contributed by atoms with van der Waals surface area (Å²) < 4.78 is 10.7. The van der Waals surface area contributed by atoms with E-state index in [0.717, 1.165) is 0 Å². The van der Waals surface area contributed by atoms with E-state index in [1.54, 1.807) is 0 Å². The highest BCUT2D eigenvalue weighted by atomic mass is 35.5. The summed E-state index contributed by atoms with van der Waals surface area (Å²) in [5.74, 6) is -4.12. The SMILES string of the molecule is CN[C@@H]1C(=O)OB([C@H](CC(C)C)NC(=O)CNC(=O)c2cc(Cl)ccc2Cl)O[C@H]1C(=O)O. The Hall–Kier alpha value is -2.34. The van der Waals surface area contributed by atoms with Gasteiger partial charge in [-0.3, -0.25) is 14.4 Å². The summed E-state index contributed by atoms with van der Waals surface area (Å²) in [6.45, 7) is 3.34. The molecule has 1 saturated heterocycles. The lowest BCUT2D eigenvalue weighted by Gasteiger charge is -2.35. The molecule has 1 aromatic carbocycles. The molecule has 0 bridgehead atoms. The van der Waals surface area contributed by atoms with Crippen LogP contribution >= 0.6 is 23.2 Å². The zero-order valence-electron chi connectivity index (χ0n) is 17.7. The maximum absolute atomic E-state index is 12.5. The third-order valence-corrected chi connectivity index (χ3v) is 5.17. The van der Waals surface area contributed by atoms with Crippen LogP contribution < -0.4 is 16.0 Å². The number of aliphatic carboxylic acids is 1. The molecule has 10 nitrogen and oxygen atoms in total. The third-order valence-electron chi connectivity index (χ3n) is 4.61. The molecule has 1 aromatic rings. The van der Waals surface area contributed by atoms with Crippen molar-refractivity contribution in [1.82, 2.24) is 16.0 Å². The first-order valence-electron chi connectivity index (χ1n) is 9.82. The van der Waals surface area contributed by atoms with Gasteiger partial charge in [-0.25, -0.2) is 4.79 Å². The van der Waals surface area contributed by atoms with Crippen LogP contribution in [0.2, 0.25) is 10.0 Å². The lowest BCUT2D eigenvalue weighted by Crippen LogP contribution is -2.63. The number of benzene rings is 1. The van der Waals surface area contributed by atoms with E-state index >= 15 is 0 Å². The van der Waals surface area contributed by atoms with Gasteiger partial charge in [0.2, 0.25) is 5.91 Å². The monoisotopic (exact) mass is 487 g/mol. The Morgan fingerprint density at radius 2 is 1.94 bits per heavy atom. The smallest absolute Gasteiger partial charge is 0.507 e. The number of nitrogens with one attached hydrogen (secondary N) is 3. The van der Waals surface area contributed by atoms with Crippen LogP contribution in [-0.4, -0.2) is 67.7 Å². The molecule has 13 heteroatoms. The molecular weight excluding hydrogens is 464 g/mol. The van der Waals surface area contributed by atoms with E-state index in [1.165, 1.54) is 25.2 Å². The summed E-state index contributed by atoms with van der Waals surface area (Å²) in [5.41, 5.74) is 0.109. The second-order valence-electron chi connectivity index (χ2n) is 7.58. The second kappa shape index (κ2) is 11.5. The summed E-state index contributed by atoms with van der Waals surface area (Å²) in [6.07, 6.45) is -1.16. The molecule has 0 spiro atoms. The highest BCUT2D eigenvalue weighted by molar-refractivity contribution is 6.50. The van der Waals surface area contributed by atoms with Crippen molar-refractivity contribution in [1.29, 1.82) is 0 Å². The number of rotatable bonds is 9. The molecule has 1 heterocycles. The predicted octanol–water partition coefficient (Wildman–Crippen LogP) is 0.896. The molecule has 1 aliphatic rings. The Labute approximate surface area is 195 Å². The quantitative estimate of drug-likeness (QED) is 0.376. The zero-order valence-corrected chi connectivity index (χ0v) is 19.2.